The molecule has 2 atom stereocenters. The fourth-order valence-corrected chi connectivity index (χ4v) is 6.60. The van der Waals surface area contributed by atoms with E-state index >= 15 is 0 Å². The number of piperidine rings is 1. The van der Waals surface area contributed by atoms with Crippen LogP contribution < -0.4 is 10.0 Å². The lowest BCUT2D eigenvalue weighted by Gasteiger charge is -2.34. The third kappa shape index (κ3) is 10.4. The number of halogens is 1. The van der Waals surface area contributed by atoms with Crippen LogP contribution in [0.3, 0.4) is 0 Å². The Balaban J connectivity index is 1.55. The normalized spacial score (nSPS) is 16.4. The van der Waals surface area contributed by atoms with Gasteiger partial charge in [-0.25, -0.2) is 19.5 Å². The molecule has 4 rings (SSSR count). The van der Waals surface area contributed by atoms with Gasteiger partial charge in [0.2, 0.25) is 5.95 Å². The highest BCUT2D eigenvalue weighted by atomic mass is 32.2. The number of aromatic nitrogens is 3. The molecule has 0 aromatic carbocycles. The molecule has 11 nitrogen and oxygen atoms in total. The lowest BCUT2D eigenvalue weighted by Crippen LogP contribution is -2.43. The van der Waals surface area contributed by atoms with Gasteiger partial charge in [0.15, 0.2) is 5.03 Å². The maximum Gasteiger partial charge on any atom is 0.410 e. The van der Waals surface area contributed by atoms with E-state index in [0.29, 0.717) is 25.2 Å². The summed E-state index contributed by atoms with van der Waals surface area (Å²) in [6, 6.07) is 10.8. The molecule has 272 valence electrons. The maximum atomic E-state index is 14.8. The number of pyridine rings is 3. The highest BCUT2D eigenvalue weighted by molar-refractivity contribution is 7.90. The van der Waals surface area contributed by atoms with Gasteiger partial charge >= 0.3 is 6.09 Å². The zero-order valence-electron chi connectivity index (χ0n) is 30.6. The van der Waals surface area contributed by atoms with E-state index in [1.54, 1.807) is 17.2 Å². The molecule has 2 amide bonds. The summed E-state index contributed by atoms with van der Waals surface area (Å²) >= 11 is 0. The number of nitrogens with one attached hydrogen (secondary N) is 2. The highest BCUT2D eigenvalue weighted by Crippen LogP contribution is 2.31. The van der Waals surface area contributed by atoms with Crippen molar-refractivity contribution in [3.05, 3.63) is 77.1 Å². The Morgan fingerprint density at radius 1 is 1.00 bits per heavy atom. The van der Waals surface area contributed by atoms with Crippen LogP contribution in [0.2, 0.25) is 0 Å². The average Bonchev–Trinajstić information content (AvgIpc) is 3.01. The number of carbonyl (C=O) groups is 2. The fraction of sp³-hybridized carbons (Fsp3) is 0.541. The molecule has 13 heteroatoms. The number of hydrogen-bond donors (Lipinski definition) is 2. The number of anilines is 1. The molecule has 3 aromatic rings. The minimum Gasteiger partial charge on any atom is -0.444 e. The molecule has 0 bridgehead atoms. The van der Waals surface area contributed by atoms with E-state index < -0.39 is 43.5 Å². The predicted molar refractivity (Wildman–Crippen MR) is 191 cm³/mol. The number of likely N-dealkylation sites (tertiary alicyclic amines) is 1. The number of ether oxygens (including phenoxy) is 1. The second-order valence-corrected chi connectivity index (χ2v) is 17.6. The minimum absolute atomic E-state index is 0.133. The van der Waals surface area contributed by atoms with Crippen LogP contribution >= 0.6 is 0 Å². The first-order chi connectivity index (χ1) is 23.1. The lowest BCUT2D eigenvalue weighted by molar-refractivity contribution is 0.0160. The van der Waals surface area contributed by atoms with Gasteiger partial charge in [0.25, 0.3) is 15.9 Å². The summed E-state index contributed by atoms with van der Waals surface area (Å²) in [6.07, 6.45) is 4.67. The predicted octanol–water partition coefficient (Wildman–Crippen LogP) is 7.30. The van der Waals surface area contributed by atoms with Gasteiger partial charge in [-0.15, -0.1) is 0 Å². The first-order valence-electron chi connectivity index (χ1n) is 17.0. The Morgan fingerprint density at radius 2 is 1.72 bits per heavy atom. The summed E-state index contributed by atoms with van der Waals surface area (Å²) in [5.74, 6) is -1.72. The van der Waals surface area contributed by atoms with Crippen LogP contribution in [-0.4, -0.2) is 59.0 Å². The highest BCUT2D eigenvalue weighted by Gasteiger charge is 2.30. The maximum absolute atomic E-state index is 14.8. The largest absolute Gasteiger partial charge is 0.444 e. The van der Waals surface area contributed by atoms with Gasteiger partial charge in [-0.1, -0.05) is 47.6 Å². The molecule has 1 saturated heterocycles. The Labute approximate surface area is 295 Å². The van der Waals surface area contributed by atoms with Crippen molar-refractivity contribution in [3.63, 3.8) is 0 Å². The van der Waals surface area contributed by atoms with Gasteiger partial charge < -0.3 is 15.0 Å². The number of rotatable bonds is 9. The topological polar surface area (TPSA) is 143 Å². The van der Waals surface area contributed by atoms with Gasteiger partial charge in [0, 0.05) is 30.4 Å². The summed E-state index contributed by atoms with van der Waals surface area (Å²) in [6.45, 7) is 18.7. The molecule has 4 heterocycles. The molecule has 0 aliphatic carbocycles. The van der Waals surface area contributed by atoms with Crippen molar-refractivity contribution >= 4 is 27.8 Å². The van der Waals surface area contributed by atoms with Crippen LogP contribution in [0.5, 0.6) is 0 Å². The number of nitrogens with zero attached hydrogens (tertiary/aromatic N) is 4. The van der Waals surface area contributed by atoms with Crippen LogP contribution in [0.1, 0.15) is 121 Å². The first kappa shape index (κ1) is 38.7. The first-order valence-corrected chi connectivity index (χ1v) is 18.5. The monoisotopic (exact) mass is 710 g/mol. The van der Waals surface area contributed by atoms with Crippen LogP contribution in [0, 0.1) is 11.9 Å². The van der Waals surface area contributed by atoms with Crippen molar-refractivity contribution in [2.75, 3.05) is 18.4 Å². The zero-order chi connectivity index (χ0) is 37.1. The summed E-state index contributed by atoms with van der Waals surface area (Å²) < 4.78 is 48.9. The molecule has 3 aromatic heterocycles. The van der Waals surface area contributed by atoms with E-state index in [0.717, 1.165) is 30.5 Å². The number of carbonyl (C=O) groups excluding carboxylic acids is 2. The molecule has 1 aliphatic heterocycles. The molecule has 0 saturated carbocycles. The quantitative estimate of drug-likeness (QED) is 0.219. The van der Waals surface area contributed by atoms with Crippen LogP contribution in [-0.2, 0) is 25.6 Å². The SMILES string of the molecule is CC(C)(C)OC(=O)N1CCC[C@H](CCC(Nc2cccc(S(=O)(=O)NC(=O)c3ccc(C(C)(C)C)nc3F)n2)c2cc(C(C)(C)C)ccn2)C1. The Morgan fingerprint density at radius 3 is 2.36 bits per heavy atom. The van der Waals surface area contributed by atoms with Gasteiger partial charge in [0.05, 0.1) is 17.3 Å². The molecule has 1 aliphatic rings. The van der Waals surface area contributed by atoms with E-state index in [1.165, 1.54) is 24.3 Å². The van der Waals surface area contributed by atoms with Gasteiger partial charge in [-0.3, -0.25) is 9.78 Å². The molecule has 1 unspecified atom stereocenters. The van der Waals surface area contributed by atoms with E-state index in [9.17, 15) is 22.4 Å². The van der Waals surface area contributed by atoms with Gasteiger partial charge in [0.1, 0.15) is 11.4 Å². The molecular formula is C37H51FN6O5S. The molecule has 1 fully saturated rings. The smallest absolute Gasteiger partial charge is 0.410 e. The van der Waals surface area contributed by atoms with E-state index in [4.69, 9.17) is 4.74 Å². The van der Waals surface area contributed by atoms with Crippen LogP contribution in [0.15, 0.2) is 53.7 Å². The van der Waals surface area contributed by atoms with Crippen molar-refractivity contribution in [2.24, 2.45) is 5.92 Å². The molecular weight excluding hydrogens is 660 g/mol. The van der Waals surface area contributed by atoms with Crippen molar-refractivity contribution < 1.29 is 27.1 Å². The van der Waals surface area contributed by atoms with Gasteiger partial charge in [-0.2, -0.15) is 12.8 Å². The minimum atomic E-state index is -4.48. The van der Waals surface area contributed by atoms with Crippen molar-refractivity contribution in [2.45, 2.75) is 115 Å². The zero-order valence-corrected chi connectivity index (χ0v) is 31.4. The second-order valence-electron chi connectivity index (χ2n) is 16.0. The van der Waals surface area contributed by atoms with Crippen LogP contribution in [0.4, 0.5) is 15.0 Å². The Kier molecular flexibility index (Phi) is 11.6. The summed E-state index contributed by atoms with van der Waals surface area (Å²) in [5, 5.41) is 2.97. The van der Waals surface area contributed by atoms with Crippen molar-refractivity contribution in [1.82, 2.24) is 24.6 Å². The molecule has 0 spiro atoms. The molecule has 2 N–H and O–H groups in total. The number of hydrogen-bond acceptors (Lipinski definition) is 9. The van der Waals surface area contributed by atoms with Crippen molar-refractivity contribution in [1.29, 1.82) is 0 Å². The Bertz CT molecular complexity index is 1800. The second kappa shape index (κ2) is 15.0. The third-order valence-electron chi connectivity index (χ3n) is 8.45. The lowest BCUT2D eigenvalue weighted by atomic mass is 9.86. The third-order valence-corrected chi connectivity index (χ3v) is 9.68. The molecule has 0 radical (unpaired) electrons. The van der Waals surface area contributed by atoms with Crippen LogP contribution in [0.25, 0.3) is 0 Å². The number of sulfonamides is 1. The van der Waals surface area contributed by atoms with E-state index in [2.05, 4.69) is 41.0 Å². The number of amides is 2. The van der Waals surface area contributed by atoms with Crippen molar-refractivity contribution in [3.8, 4) is 0 Å². The van der Waals surface area contributed by atoms with Gasteiger partial charge in [-0.05, 0) is 99.7 Å². The summed E-state index contributed by atoms with van der Waals surface area (Å²) in [7, 11) is -4.48. The average molecular weight is 711 g/mol. The van der Waals surface area contributed by atoms with E-state index in [-0.39, 0.29) is 29.3 Å². The summed E-state index contributed by atoms with van der Waals surface area (Å²) in [5.41, 5.74) is 0.619. The fourth-order valence-electron chi connectivity index (χ4n) is 5.67. The Hall–Kier alpha value is -4.13. The summed E-state index contributed by atoms with van der Waals surface area (Å²) in [4.78, 5) is 40.3. The molecule has 50 heavy (non-hydrogen) atoms. The van der Waals surface area contributed by atoms with E-state index in [1.807, 2.05) is 58.4 Å². The standard InChI is InChI=1S/C37H51FN6O5S/c1-35(2,3)25-19-20-39-28(22-25)27(17-15-24-12-11-21-44(23-24)34(46)49-37(7,8)9)40-30-13-10-14-31(42-30)50(47,48)43-33(45)26-16-18-29(36(4,5)6)41-32(26)38/h10,13-14,16,18-20,22,24,27H,11-12,15,17,21,23H2,1-9H3,(H,40,42)(H,43,45)/t24-,27?/m1/s1.